The van der Waals surface area contributed by atoms with Gasteiger partial charge in [0, 0.05) is 33.6 Å². The SMILES string of the molecule is C1=CC2c3cccc(-c4ccc5c(c4)c4ccccc4n5-c4cc(-c5ccccc5)cc(-c5ccccc5)c4)c3N(c3ccccc3)C2C=C1. The van der Waals surface area contributed by atoms with Gasteiger partial charge in [0.25, 0.3) is 0 Å². The van der Waals surface area contributed by atoms with Crippen LogP contribution in [0.2, 0.25) is 0 Å². The minimum absolute atomic E-state index is 0.250. The Morgan fingerprint density at radius 3 is 1.78 bits per heavy atom. The molecule has 0 N–H and O–H groups in total. The summed E-state index contributed by atoms with van der Waals surface area (Å²) < 4.78 is 2.45. The molecule has 0 saturated carbocycles. The van der Waals surface area contributed by atoms with Gasteiger partial charge in [0.15, 0.2) is 0 Å². The number of fused-ring (bicyclic) bond motifs is 6. The van der Waals surface area contributed by atoms with Crippen molar-refractivity contribution in [1.29, 1.82) is 0 Å². The molecule has 0 amide bonds. The molecule has 2 aliphatic rings. The minimum atomic E-state index is 0.250. The van der Waals surface area contributed by atoms with E-state index in [1.807, 2.05) is 0 Å². The van der Waals surface area contributed by atoms with Crippen molar-refractivity contribution in [2.75, 3.05) is 4.90 Å². The Labute approximate surface area is 292 Å². The number of hydrogen-bond acceptors (Lipinski definition) is 1. The van der Waals surface area contributed by atoms with E-state index in [2.05, 4.69) is 204 Å². The summed E-state index contributed by atoms with van der Waals surface area (Å²) in [6.07, 6.45) is 9.11. The van der Waals surface area contributed by atoms with E-state index in [0.29, 0.717) is 5.92 Å². The molecule has 7 aromatic carbocycles. The Balaban J connectivity index is 1.19. The average molecular weight is 639 g/mol. The van der Waals surface area contributed by atoms with E-state index in [4.69, 9.17) is 0 Å². The molecule has 0 saturated heterocycles. The Morgan fingerprint density at radius 1 is 0.400 bits per heavy atom. The van der Waals surface area contributed by atoms with Crippen molar-refractivity contribution in [2.45, 2.75) is 12.0 Å². The fourth-order valence-electron chi connectivity index (χ4n) is 8.25. The van der Waals surface area contributed by atoms with Gasteiger partial charge in [0.1, 0.15) is 0 Å². The summed E-state index contributed by atoms with van der Waals surface area (Å²) in [5.74, 6) is 0.316. The first-order valence-electron chi connectivity index (χ1n) is 17.4. The van der Waals surface area contributed by atoms with Crippen molar-refractivity contribution in [2.24, 2.45) is 0 Å². The molecule has 1 aliphatic heterocycles. The van der Waals surface area contributed by atoms with Crippen LogP contribution in [0.15, 0.2) is 194 Å². The lowest BCUT2D eigenvalue weighted by Gasteiger charge is -2.29. The summed E-state index contributed by atoms with van der Waals surface area (Å²) in [5, 5.41) is 2.51. The number of benzene rings is 7. The summed E-state index contributed by atoms with van der Waals surface area (Å²) in [6.45, 7) is 0. The van der Waals surface area contributed by atoms with E-state index >= 15 is 0 Å². The van der Waals surface area contributed by atoms with Crippen LogP contribution in [0.5, 0.6) is 0 Å². The van der Waals surface area contributed by atoms with Gasteiger partial charge in [-0.3, -0.25) is 0 Å². The van der Waals surface area contributed by atoms with Crippen molar-refractivity contribution < 1.29 is 0 Å². The Kier molecular flexibility index (Phi) is 6.67. The van der Waals surface area contributed by atoms with Gasteiger partial charge >= 0.3 is 0 Å². The lowest BCUT2D eigenvalue weighted by Crippen LogP contribution is -2.28. The zero-order valence-corrected chi connectivity index (χ0v) is 27.5. The van der Waals surface area contributed by atoms with Crippen LogP contribution < -0.4 is 4.90 Å². The topological polar surface area (TPSA) is 8.17 Å². The smallest absolute Gasteiger partial charge is 0.0629 e. The number of anilines is 2. The van der Waals surface area contributed by atoms with Crippen molar-refractivity contribution in [3.63, 3.8) is 0 Å². The minimum Gasteiger partial charge on any atom is -0.333 e. The average Bonchev–Trinajstić information content (AvgIpc) is 3.71. The largest absolute Gasteiger partial charge is 0.333 e. The molecule has 0 spiro atoms. The molecular weight excluding hydrogens is 605 g/mol. The number of para-hydroxylation sites is 3. The van der Waals surface area contributed by atoms with Crippen LogP contribution in [0.25, 0.3) is 60.9 Å². The highest BCUT2D eigenvalue weighted by Crippen LogP contribution is 2.52. The third kappa shape index (κ3) is 4.57. The second-order valence-corrected chi connectivity index (χ2v) is 13.3. The van der Waals surface area contributed by atoms with Gasteiger partial charge in [-0.05, 0) is 81.9 Å². The highest BCUT2D eigenvalue weighted by atomic mass is 15.2. The van der Waals surface area contributed by atoms with Crippen LogP contribution in [-0.2, 0) is 0 Å². The molecular formula is C48H34N2. The molecule has 0 radical (unpaired) electrons. The molecule has 2 heteroatoms. The second-order valence-electron chi connectivity index (χ2n) is 13.3. The lowest BCUT2D eigenvalue weighted by molar-refractivity contribution is 0.745. The van der Waals surface area contributed by atoms with Crippen molar-refractivity contribution >= 4 is 33.2 Å². The van der Waals surface area contributed by atoms with Gasteiger partial charge in [-0.25, -0.2) is 0 Å². The van der Waals surface area contributed by atoms with Gasteiger partial charge in [-0.15, -0.1) is 0 Å². The molecule has 0 bridgehead atoms. The number of hydrogen-bond donors (Lipinski definition) is 0. The summed E-state index contributed by atoms with van der Waals surface area (Å²) in [7, 11) is 0. The lowest BCUT2D eigenvalue weighted by atomic mass is 9.90. The molecule has 2 nitrogen and oxygen atoms in total. The fraction of sp³-hybridized carbons (Fsp3) is 0.0417. The maximum atomic E-state index is 2.54. The molecule has 10 rings (SSSR count). The number of rotatable bonds is 5. The Bertz CT molecular complexity index is 2540. The molecule has 1 aromatic heterocycles. The summed E-state index contributed by atoms with van der Waals surface area (Å²) in [4.78, 5) is 2.54. The first-order valence-corrected chi connectivity index (χ1v) is 17.4. The van der Waals surface area contributed by atoms with Crippen LogP contribution in [-0.4, -0.2) is 10.6 Å². The predicted molar refractivity (Wildman–Crippen MR) is 210 cm³/mol. The molecule has 2 heterocycles. The van der Waals surface area contributed by atoms with Crippen LogP contribution in [0.1, 0.15) is 11.5 Å². The van der Waals surface area contributed by atoms with E-state index in [1.165, 1.54) is 72.1 Å². The van der Waals surface area contributed by atoms with Crippen LogP contribution >= 0.6 is 0 Å². The van der Waals surface area contributed by atoms with E-state index in [9.17, 15) is 0 Å². The molecule has 0 fully saturated rings. The first-order chi connectivity index (χ1) is 24.8. The zero-order valence-electron chi connectivity index (χ0n) is 27.5. The highest BCUT2D eigenvalue weighted by molar-refractivity contribution is 6.11. The summed E-state index contributed by atoms with van der Waals surface area (Å²) >= 11 is 0. The third-order valence-corrected chi connectivity index (χ3v) is 10.5. The van der Waals surface area contributed by atoms with Gasteiger partial charge in [0.2, 0.25) is 0 Å². The normalized spacial score (nSPS) is 16.2. The van der Waals surface area contributed by atoms with E-state index in [1.54, 1.807) is 0 Å². The molecule has 236 valence electrons. The van der Waals surface area contributed by atoms with Gasteiger partial charge < -0.3 is 9.47 Å². The summed E-state index contributed by atoms with van der Waals surface area (Å²) in [5.41, 5.74) is 14.8. The standard InChI is InChI=1S/C48H34N2/c1-4-15-33(16-5-1)36-29-37(34-17-6-2-7-18-34)31-39(30-36)49-45-25-12-11-22-42(45)44-32-35(27-28-47(44)49)40-23-14-24-43-41-21-10-13-26-46(41)50(48(40)43)38-19-8-3-9-20-38/h1-32,41,46H. The number of allylic oxidation sites excluding steroid dienone is 2. The highest BCUT2D eigenvalue weighted by Gasteiger charge is 2.39. The number of aromatic nitrogens is 1. The van der Waals surface area contributed by atoms with Gasteiger partial charge in [-0.2, -0.15) is 0 Å². The maximum absolute atomic E-state index is 2.54. The Hall–Kier alpha value is -6.38. The van der Waals surface area contributed by atoms with E-state index < -0.39 is 0 Å². The van der Waals surface area contributed by atoms with Crippen molar-refractivity contribution in [3.8, 4) is 39.1 Å². The Morgan fingerprint density at radius 2 is 1.04 bits per heavy atom. The van der Waals surface area contributed by atoms with Crippen LogP contribution in [0, 0.1) is 0 Å². The quantitative estimate of drug-likeness (QED) is 0.182. The van der Waals surface area contributed by atoms with E-state index in [-0.39, 0.29) is 6.04 Å². The predicted octanol–water partition coefficient (Wildman–Crippen LogP) is 12.5. The van der Waals surface area contributed by atoms with Gasteiger partial charge in [-0.1, -0.05) is 146 Å². The fourth-order valence-corrected chi connectivity index (χ4v) is 8.25. The zero-order chi connectivity index (χ0) is 33.0. The molecule has 2 unspecified atom stereocenters. The van der Waals surface area contributed by atoms with Crippen molar-refractivity contribution in [1.82, 2.24) is 4.57 Å². The molecule has 2 atom stereocenters. The van der Waals surface area contributed by atoms with Crippen LogP contribution in [0.4, 0.5) is 11.4 Å². The summed E-state index contributed by atoms with van der Waals surface area (Å²) in [6, 6.07) is 62.3. The maximum Gasteiger partial charge on any atom is 0.0629 e. The monoisotopic (exact) mass is 638 g/mol. The second kappa shape index (κ2) is 11.6. The molecule has 8 aromatic rings. The third-order valence-electron chi connectivity index (χ3n) is 10.5. The molecule has 50 heavy (non-hydrogen) atoms. The van der Waals surface area contributed by atoms with Crippen molar-refractivity contribution in [3.05, 3.63) is 200 Å². The van der Waals surface area contributed by atoms with Crippen LogP contribution in [0.3, 0.4) is 0 Å². The molecule has 1 aliphatic carbocycles. The van der Waals surface area contributed by atoms with Gasteiger partial charge in [0.05, 0.1) is 22.8 Å². The number of nitrogens with zero attached hydrogens (tertiary/aromatic N) is 2. The van der Waals surface area contributed by atoms with E-state index in [0.717, 1.165) is 5.69 Å². The first kappa shape index (κ1) is 28.6.